The van der Waals surface area contributed by atoms with E-state index in [0.717, 1.165) is 0 Å². The van der Waals surface area contributed by atoms with E-state index in [9.17, 15) is 9.59 Å². The SMILES string of the molecule is C/C=C/C(=O)OC(=O)/C=C/C.CCN(CC)CC. The normalized spacial score (nSPS) is 10.6. The van der Waals surface area contributed by atoms with Crippen LogP contribution in [0.1, 0.15) is 34.6 Å². The van der Waals surface area contributed by atoms with Gasteiger partial charge in [0.25, 0.3) is 0 Å². The molecule has 0 saturated heterocycles. The van der Waals surface area contributed by atoms with Gasteiger partial charge in [-0.3, -0.25) is 0 Å². The van der Waals surface area contributed by atoms with Crippen molar-refractivity contribution < 1.29 is 14.3 Å². The van der Waals surface area contributed by atoms with Gasteiger partial charge in [-0.25, -0.2) is 9.59 Å². The second-order valence-corrected chi connectivity index (χ2v) is 3.36. The maximum atomic E-state index is 10.6. The Bertz CT molecular complexity index is 251. The first-order chi connectivity index (χ1) is 8.55. The average Bonchev–Trinajstić information content (AvgIpc) is 2.32. The van der Waals surface area contributed by atoms with Gasteiger partial charge in [-0.15, -0.1) is 0 Å². The zero-order valence-electron chi connectivity index (χ0n) is 12.1. The van der Waals surface area contributed by atoms with Gasteiger partial charge in [-0.1, -0.05) is 32.9 Å². The molecule has 0 aliphatic heterocycles. The summed E-state index contributed by atoms with van der Waals surface area (Å²) in [7, 11) is 0. The summed E-state index contributed by atoms with van der Waals surface area (Å²) in [4.78, 5) is 23.5. The Balaban J connectivity index is 0. The minimum Gasteiger partial charge on any atom is -0.387 e. The standard InChI is InChI=1S/C8H10O3.C6H15N/c1-3-5-7(9)11-8(10)6-4-2;1-4-7(5-2)6-3/h3-6H,1-2H3;4-6H2,1-3H3/b5-3+,6-4+;. The third-order valence-corrected chi connectivity index (χ3v) is 2.15. The van der Waals surface area contributed by atoms with E-state index in [-0.39, 0.29) is 0 Å². The molecule has 0 atom stereocenters. The summed E-state index contributed by atoms with van der Waals surface area (Å²) in [5.74, 6) is -1.29. The van der Waals surface area contributed by atoms with E-state index in [1.54, 1.807) is 13.8 Å². The van der Waals surface area contributed by atoms with Crippen molar-refractivity contribution in [2.24, 2.45) is 0 Å². The van der Waals surface area contributed by atoms with Crippen LogP contribution in [0.25, 0.3) is 0 Å². The zero-order valence-corrected chi connectivity index (χ0v) is 12.1. The summed E-state index contributed by atoms with van der Waals surface area (Å²) in [5, 5.41) is 0. The van der Waals surface area contributed by atoms with Crippen LogP contribution in [-0.4, -0.2) is 36.5 Å². The lowest BCUT2D eigenvalue weighted by Gasteiger charge is -2.13. The molecule has 18 heavy (non-hydrogen) atoms. The van der Waals surface area contributed by atoms with Gasteiger partial charge in [0.15, 0.2) is 0 Å². The molecule has 0 aromatic heterocycles. The number of rotatable bonds is 5. The number of carbonyl (C=O) groups excluding carboxylic acids is 2. The van der Waals surface area contributed by atoms with E-state index < -0.39 is 11.9 Å². The molecule has 0 spiro atoms. The van der Waals surface area contributed by atoms with Crippen molar-refractivity contribution in [1.82, 2.24) is 4.90 Å². The summed E-state index contributed by atoms with van der Waals surface area (Å²) < 4.78 is 4.28. The van der Waals surface area contributed by atoms with Gasteiger partial charge in [-0.05, 0) is 33.5 Å². The molecule has 4 heteroatoms. The Hall–Kier alpha value is -1.42. The fraction of sp³-hybridized carbons (Fsp3) is 0.571. The number of hydrogen-bond donors (Lipinski definition) is 0. The summed E-state index contributed by atoms with van der Waals surface area (Å²) in [6.07, 6.45) is 5.37. The fourth-order valence-corrected chi connectivity index (χ4v) is 1.11. The minimum absolute atomic E-state index is 0.643. The molecule has 0 heterocycles. The van der Waals surface area contributed by atoms with Crippen molar-refractivity contribution in [2.45, 2.75) is 34.6 Å². The van der Waals surface area contributed by atoms with Gasteiger partial charge in [-0.2, -0.15) is 0 Å². The molecule has 0 aromatic carbocycles. The molecule has 0 aliphatic carbocycles. The topological polar surface area (TPSA) is 46.6 Å². The lowest BCUT2D eigenvalue weighted by molar-refractivity contribution is -0.152. The van der Waals surface area contributed by atoms with Crippen LogP contribution in [0.5, 0.6) is 0 Å². The van der Waals surface area contributed by atoms with Crippen molar-refractivity contribution in [3.63, 3.8) is 0 Å². The molecule has 4 nitrogen and oxygen atoms in total. The highest BCUT2D eigenvalue weighted by Gasteiger charge is 2.00. The van der Waals surface area contributed by atoms with Crippen molar-refractivity contribution in [2.75, 3.05) is 19.6 Å². The first-order valence-electron chi connectivity index (χ1n) is 6.29. The van der Waals surface area contributed by atoms with E-state index >= 15 is 0 Å². The molecule has 0 N–H and O–H groups in total. The maximum Gasteiger partial charge on any atom is 0.338 e. The molecule has 0 amide bonds. The fourth-order valence-electron chi connectivity index (χ4n) is 1.11. The largest absolute Gasteiger partial charge is 0.387 e. The second-order valence-electron chi connectivity index (χ2n) is 3.36. The quantitative estimate of drug-likeness (QED) is 0.430. The highest BCUT2D eigenvalue weighted by atomic mass is 16.6. The van der Waals surface area contributed by atoms with E-state index in [1.807, 2.05) is 0 Å². The predicted octanol–water partition coefficient (Wildman–Crippen LogP) is 2.56. The Kier molecular flexibility index (Phi) is 14.4. The molecule has 0 saturated carbocycles. The van der Waals surface area contributed by atoms with Crippen molar-refractivity contribution in [1.29, 1.82) is 0 Å². The Morgan fingerprint density at radius 3 is 1.39 bits per heavy atom. The van der Waals surface area contributed by atoms with Crippen LogP contribution in [-0.2, 0) is 14.3 Å². The van der Waals surface area contributed by atoms with Gasteiger partial charge in [0, 0.05) is 12.2 Å². The van der Waals surface area contributed by atoms with Crippen molar-refractivity contribution in [3.05, 3.63) is 24.3 Å². The summed E-state index contributed by atoms with van der Waals surface area (Å²) in [5.41, 5.74) is 0. The highest BCUT2D eigenvalue weighted by Crippen LogP contribution is 1.85. The number of ether oxygens (including phenoxy) is 1. The minimum atomic E-state index is -0.643. The number of carbonyl (C=O) groups is 2. The lowest BCUT2D eigenvalue weighted by Crippen LogP contribution is -2.21. The molecule has 0 aliphatic rings. The van der Waals surface area contributed by atoms with Crippen molar-refractivity contribution >= 4 is 11.9 Å². The summed E-state index contributed by atoms with van der Waals surface area (Å²) >= 11 is 0. The molecule has 0 aromatic rings. The number of nitrogens with zero attached hydrogens (tertiary/aromatic N) is 1. The smallest absolute Gasteiger partial charge is 0.338 e. The highest BCUT2D eigenvalue weighted by molar-refractivity contribution is 5.96. The number of esters is 2. The van der Waals surface area contributed by atoms with Gasteiger partial charge in [0.2, 0.25) is 0 Å². The van der Waals surface area contributed by atoms with Gasteiger partial charge < -0.3 is 9.64 Å². The van der Waals surface area contributed by atoms with E-state index in [4.69, 9.17) is 0 Å². The van der Waals surface area contributed by atoms with Crippen LogP contribution < -0.4 is 0 Å². The van der Waals surface area contributed by atoms with Gasteiger partial charge >= 0.3 is 11.9 Å². The third-order valence-electron chi connectivity index (χ3n) is 2.15. The molecule has 0 rings (SSSR count). The van der Waals surface area contributed by atoms with E-state index in [0.29, 0.717) is 0 Å². The first-order valence-corrected chi connectivity index (χ1v) is 6.29. The lowest BCUT2D eigenvalue weighted by atomic mass is 10.5. The van der Waals surface area contributed by atoms with Crippen LogP contribution >= 0.6 is 0 Å². The average molecular weight is 255 g/mol. The second kappa shape index (κ2) is 13.6. The first kappa shape index (κ1) is 18.9. The molecule has 0 bridgehead atoms. The Morgan fingerprint density at radius 2 is 1.22 bits per heavy atom. The predicted molar refractivity (Wildman–Crippen MR) is 74.2 cm³/mol. The molecule has 104 valence electrons. The summed E-state index contributed by atoms with van der Waals surface area (Å²) in [6, 6.07) is 0. The Morgan fingerprint density at radius 1 is 0.889 bits per heavy atom. The van der Waals surface area contributed by atoms with Crippen LogP contribution in [0, 0.1) is 0 Å². The van der Waals surface area contributed by atoms with Crippen LogP contribution in [0.15, 0.2) is 24.3 Å². The zero-order chi connectivity index (χ0) is 14.4. The Labute approximate surface area is 110 Å². The molecule has 0 unspecified atom stereocenters. The molecular weight excluding hydrogens is 230 g/mol. The van der Waals surface area contributed by atoms with Crippen LogP contribution in [0.2, 0.25) is 0 Å². The van der Waals surface area contributed by atoms with Gasteiger partial charge in [0.1, 0.15) is 0 Å². The van der Waals surface area contributed by atoms with Crippen LogP contribution in [0.3, 0.4) is 0 Å². The maximum absolute atomic E-state index is 10.6. The van der Waals surface area contributed by atoms with Crippen molar-refractivity contribution in [3.8, 4) is 0 Å². The third kappa shape index (κ3) is 12.6. The summed E-state index contributed by atoms with van der Waals surface area (Å²) in [6.45, 7) is 13.5. The molecule has 0 fully saturated rings. The van der Waals surface area contributed by atoms with Crippen LogP contribution in [0.4, 0.5) is 0 Å². The monoisotopic (exact) mass is 255 g/mol. The van der Waals surface area contributed by atoms with Gasteiger partial charge in [0.05, 0.1) is 0 Å². The number of allylic oxidation sites excluding steroid dienone is 2. The van der Waals surface area contributed by atoms with E-state index in [1.165, 1.54) is 43.9 Å². The van der Waals surface area contributed by atoms with E-state index in [2.05, 4.69) is 30.4 Å². The number of hydrogen-bond acceptors (Lipinski definition) is 4. The molecule has 0 radical (unpaired) electrons. The molecular formula is C14H25NO3.